The molecule has 1 aliphatic heterocycles. The Bertz CT molecular complexity index is 1290. The SMILES string of the molecule is COc1cccc(Nc2nc(C)cc(N3CCN(c4ccnc5cc(Cl)ccc45)CC3)n2)c1. The largest absolute Gasteiger partial charge is 0.497 e. The molecule has 0 saturated carbocycles. The van der Waals surface area contributed by atoms with Crippen LogP contribution in [0.25, 0.3) is 10.9 Å². The minimum absolute atomic E-state index is 0.581. The van der Waals surface area contributed by atoms with Gasteiger partial charge in [0, 0.05) is 72.0 Å². The lowest BCUT2D eigenvalue weighted by atomic mass is 10.1. The van der Waals surface area contributed by atoms with Gasteiger partial charge in [0.1, 0.15) is 11.6 Å². The van der Waals surface area contributed by atoms with E-state index in [9.17, 15) is 0 Å². The normalized spacial score (nSPS) is 13.9. The molecule has 2 aromatic heterocycles. The average Bonchev–Trinajstić information content (AvgIpc) is 2.83. The van der Waals surface area contributed by atoms with Crippen molar-refractivity contribution >= 4 is 45.6 Å². The Morgan fingerprint density at radius 2 is 1.76 bits per heavy atom. The van der Waals surface area contributed by atoms with Crippen molar-refractivity contribution in [1.29, 1.82) is 0 Å². The van der Waals surface area contributed by atoms with Gasteiger partial charge in [-0.05, 0) is 43.3 Å². The number of ether oxygens (including phenoxy) is 1. The van der Waals surface area contributed by atoms with Crippen LogP contribution in [0.5, 0.6) is 5.75 Å². The van der Waals surface area contributed by atoms with Gasteiger partial charge in [-0.15, -0.1) is 0 Å². The van der Waals surface area contributed by atoms with Crippen LogP contribution in [0.15, 0.2) is 60.8 Å². The molecule has 0 bridgehead atoms. The maximum atomic E-state index is 6.15. The summed E-state index contributed by atoms with van der Waals surface area (Å²) in [6.07, 6.45) is 1.85. The van der Waals surface area contributed by atoms with Gasteiger partial charge in [0.05, 0.1) is 12.6 Å². The molecular weight excluding hydrogens is 436 g/mol. The van der Waals surface area contributed by atoms with Crippen LogP contribution < -0.4 is 19.9 Å². The highest BCUT2D eigenvalue weighted by atomic mass is 35.5. The third-order valence-electron chi connectivity index (χ3n) is 5.79. The van der Waals surface area contributed by atoms with E-state index in [-0.39, 0.29) is 0 Å². The Kier molecular flexibility index (Phi) is 5.88. The molecule has 168 valence electrons. The lowest BCUT2D eigenvalue weighted by Crippen LogP contribution is -2.47. The van der Waals surface area contributed by atoms with Crippen molar-refractivity contribution in [2.45, 2.75) is 6.92 Å². The van der Waals surface area contributed by atoms with Crippen LogP contribution in [-0.4, -0.2) is 48.2 Å². The molecule has 0 spiro atoms. The van der Waals surface area contributed by atoms with Crippen LogP contribution >= 0.6 is 11.6 Å². The predicted molar refractivity (Wildman–Crippen MR) is 134 cm³/mol. The molecule has 4 aromatic rings. The van der Waals surface area contributed by atoms with Gasteiger partial charge in [-0.2, -0.15) is 4.98 Å². The Morgan fingerprint density at radius 1 is 0.939 bits per heavy atom. The van der Waals surface area contributed by atoms with E-state index in [1.54, 1.807) is 7.11 Å². The predicted octanol–water partition coefficient (Wildman–Crippen LogP) is 5.07. The lowest BCUT2D eigenvalue weighted by molar-refractivity contribution is 0.415. The Morgan fingerprint density at radius 3 is 2.58 bits per heavy atom. The second-order valence-electron chi connectivity index (χ2n) is 8.01. The summed E-state index contributed by atoms with van der Waals surface area (Å²) in [5.41, 5.74) is 3.92. The molecule has 2 aromatic carbocycles. The van der Waals surface area contributed by atoms with Gasteiger partial charge >= 0.3 is 0 Å². The molecule has 1 fully saturated rings. The Balaban J connectivity index is 1.32. The molecular formula is C25H25ClN6O. The van der Waals surface area contributed by atoms with E-state index < -0.39 is 0 Å². The van der Waals surface area contributed by atoms with Crippen LogP contribution in [0, 0.1) is 6.92 Å². The summed E-state index contributed by atoms with van der Waals surface area (Å²) in [5, 5.41) is 5.13. The molecule has 7 nitrogen and oxygen atoms in total. The van der Waals surface area contributed by atoms with Gasteiger partial charge in [-0.3, -0.25) is 4.98 Å². The van der Waals surface area contributed by atoms with Gasteiger partial charge in [0.15, 0.2) is 0 Å². The number of methoxy groups -OCH3 is 1. The molecule has 0 atom stereocenters. The summed E-state index contributed by atoms with van der Waals surface area (Å²) < 4.78 is 5.31. The minimum atomic E-state index is 0.581. The molecule has 1 saturated heterocycles. The van der Waals surface area contributed by atoms with Crippen LogP contribution in [0.1, 0.15) is 5.69 Å². The van der Waals surface area contributed by atoms with E-state index in [2.05, 4.69) is 37.2 Å². The third-order valence-corrected chi connectivity index (χ3v) is 6.03. The van der Waals surface area contributed by atoms with Crippen molar-refractivity contribution in [2.24, 2.45) is 0 Å². The number of nitrogens with zero attached hydrogens (tertiary/aromatic N) is 5. The summed E-state index contributed by atoms with van der Waals surface area (Å²) in [7, 11) is 1.66. The first kappa shape index (κ1) is 21.3. The standard InChI is InChI=1S/C25H25ClN6O/c1-17-14-24(30-25(28-17)29-19-4-3-5-20(16-19)33-2)32-12-10-31(11-13-32)23-8-9-27-22-15-18(26)6-7-21(22)23/h3-9,14-16H,10-13H2,1-2H3,(H,28,29,30). The van der Waals surface area contributed by atoms with E-state index in [4.69, 9.17) is 21.3 Å². The second kappa shape index (κ2) is 9.11. The van der Waals surface area contributed by atoms with Crippen molar-refractivity contribution in [3.8, 4) is 5.75 Å². The zero-order valence-electron chi connectivity index (χ0n) is 18.6. The molecule has 1 N–H and O–H groups in total. The number of benzene rings is 2. The van der Waals surface area contributed by atoms with Crippen molar-refractivity contribution in [3.63, 3.8) is 0 Å². The van der Waals surface area contributed by atoms with Crippen molar-refractivity contribution in [2.75, 3.05) is 48.4 Å². The third kappa shape index (κ3) is 4.64. The van der Waals surface area contributed by atoms with Crippen LogP contribution in [0.4, 0.5) is 23.1 Å². The molecule has 0 radical (unpaired) electrons. The number of aryl methyl sites for hydroxylation is 1. The molecule has 0 unspecified atom stereocenters. The number of rotatable bonds is 5. The minimum Gasteiger partial charge on any atom is -0.497 e. The molecule has 1 aliphatic rings. The summed E-state index contributed by atoms with van der Waals surface area (Å²) in [4.78, 5) is 18.5. The number of anilines is 4. The van der Waals surface area contributed by atoms with E-state index in [1.807, 2.05) is 55.6 Å². The summed E-state index contributed by atoms with van der Waals surface area (Å²) in [6.45, 7) is 5.51. The maximum Gasteiger partial charge on any atom is 0.229 e. The number of fused-ring (bicyclic) bond motifs is 1. The first-order chi connectivity index (χ1) is 16.1. The monoisotopic (exact) mass is 460 g/mol. The topological polar surface area (TPSA) is 66.4 Å². The number of piperazine rings is 1. The molecule has 3 heterocycles. The average molecular weight is 461 g/mol. The van der Waals surface area contributed by atoms with E-state index in [1.165, 1.54) is 5.69 Å². The summed E-state index contributed by atoms with van der Waals surface area (Å²) in [5.74, 6) is 2.30. The number of hydrogen-bond acceptors (Lipinski definition) is 7. The maximum absolute atomic E-state index is 6.15. The first-order valence-corrected chi connectivity index (χ1v) is 11.3. The zero-order chi connectivity index (χ0) is 22.8. The van der Waals surface area contributed by atoms with Gasteiger partial charge in [0.2, 0.25) is 5.95 Å². The highest BCUT2D eigenvalue weighted by Gasteiger charge is 2.21. The van der Waals surface area contributed by atoms with E-state index >= 15 is 0 Å². The van der Waals surface area contributed by atoms with E-state index in [0.717, 1.165) is 60.0 Å². The molecule has 0 aliphatic carbocycles. The molecule has 33 heavy (non-hydrogen) atoms. The van der Waals surface area contributed by atoms with Gasteiger partial charge in [0.25, 0.3) is 0 Å². The van der Waals surface area contributed by atoms with Crippen molar-refractivity contribution in [1.82, 2.24) is 15.0 Å². The fourth-order valence-corrected chi connectivity index (χ4v) is 4.32. The number of halogens is 1. The van der Waals surface area contributed by atoms with Crippen LogP contribution in [-0.2, 0) is 0 Å². The second-order valence-corrected chi connectivity index (χ2v) is 8.45. The molecule has 0 amide bonds. The Hall–Kier alpha value is -3.58. The fourth-order valence-electron chi connectivity index (χ4n) is 4.16. The highest BCUT2D eigenvalue weighted by molar-refractivity contribution is 6.31. The molecule has 8 heteroatoms. The van der Waals surface area contributed by atoms with Crippen molar-refractivity contribution in [3.05, 3.63) is 71.5 Å². The summed E-state index contributed by atoms with van der Waals surface area (Å²) in [6, 6.07) is 17.8. The van der Waals surface area contributed by atoms with Gasteiger partial charge in [-0.1, -0.05) is 17.7 Å². The first-order valence-electron chi connectivity index (χ1n) is 10.9. The number of nitrogens with one attached hydrogen (secondary N) is 1. The van der Waals surface area contributed by atoms with Gasteiger partial charge in [-0.25, -0.2) is 4.98 Å². The number of pyridine rings is 1. The summed E-state index contributed by atoms with van der Waals surface area (Å²) >= 11 is 6.15. The van der Waals surface area contributed by atoms with Crippen molar-refractivity contribution < 1.29 is 4.74 Å². The smallest absolute Gasteiger partial charge is 0.229 e. The zero-order valence-corrected chi connectivity index (χ0v) is 19.4. The van der Waals surface area contributed by atoms with Crippen LogP contribution in [0.3, 0.4) is 0 Å². The highest BCUT2D eigenvalue weighted by Crippen LogP contribution is 2.29. The molecule has 5 rings (SSSR count). The lowest BCUT2D eigenvalue weighted by Gasteiger charge is -2.37. The number of hydrogen-bond donors (Lipinski definition) is 1. The Labute approximate surface area is 198 Å². The quantitative estimate of drug-likeness (QED) is 0.446. The van der Waals surface area contributed by atoms with Gasteiger partial charge < -0.3 is 19.9 Å². The van der Waals surface area contributed by atoms with E-state index in [0.29, 0.717) is 11.0 Å². The van der Waals surface area contributed by atoms with Crippen LogP contribution in [0.2, 0.25) is 5.02 Å². The fraction of sp³-hybridized carbons (Fsp3) is 0.240. The number of aromatic nitrogens is 3.